The number of amides is 2. The highest BCUT2D eigenvalue weighted by molar-refractivity contribution is 5.72. The highest BCUT2D eigenvalue weighted by Crippen LogP contribution is 2.31. The van der Waals surface area contributed by atoms with Crippen molar-refractivity contribution in [3.63, 3.8) is 0 Å². The van der Waals surface area contributed by atoms with Gasteiger partial charge < -0.3 is 15.6 Å². The molecule has 3 N–H and O–H groups in total. The largest absolute Gasteiger partial charge is 0.352 e. The Morgan fingerprint density at radius 1 is 1.26 bits per heavy atom. The summed E-state index contributed by atoms with van der Waals surface area (Å²) >= 11 is 0. The minimum Gasteiger partial charge on any atom is -0.352 e. The van der Waals surface area contributed by atoms with Crippen molar-refractivity contribution in [1.29, 1.82) is 0 Å². The first-order valence-corrected chi connectivity index (χ1v) is 8.16. The van der Waals surface area contributed by atoms with Crippen LogP contribution in [-0.2, 0) is 6.42 Å². The molecule has 6 nitrogen and oxygen atoms in total. The molecule has 0 saturated heterocycles. The second-order valence-electron chi connectivity index (χ2n) is 6.06. The van der Waals surface area contributed by atoms with Crippen LogP contribution >= 0.6 is 0 Å². The molecule has 1 aliphatic carbocycles. The number of carbonyl (C=O) groups is 1. The maximum atomic E-state index is 11.3. The van der Waals surface area contributed by atoms with Crippen LogP contribution in [-0.4, -0.2) is 16.2 Å². The summed E-state index contributed by atoms with van der Waals surface area (Å²) in [5.41, 5.74) is 6.25. The van der Waals surface area contributed by atoms with E-state index in [0.717, 1.165) is 24.2 Å². The molecule has 2 aromatic rings. The van der Waals surface area contributed by atoms with Gasteiger partial charge in [-0.05, 0) is 18.4 Å². The highest BCUT2D eigenvalue weighted by Gasteiger charge is 2.23. The number of urea groups is 1. The van der Waals surface area contributed by atoms with E-state index in [9.17, 15) is 4.79 Å². The summed E-state index contributed by atoms with van der Waals surface area (Å²) in [6, 6.07) is 8.83. The Morgan fingerprint density at radius 3 is 2.70 bits per heavy atom. The van der Waals surface area contributed by atoms with Gasteiger partial charge in [-0.2, -0.15) is 4.98 Å². The summed E-state index contributed by atoms with van der Waals surface area (Å²) in [5.74, 6) is 1.74. The van der Waals surface area contributed by atoms with E-state index >= 15 is 0 Å². The molecule has 3 rings (SSSR count). The zero-order valence-corrected chi connectivity index (χ0v) is 13.1. The van der Waals surface area contributed by atoms with Crippen LogP contribution in [0.3, 0.4) is 0 Å². The number of aromatic nitrogens is 2. The topological polar surface area (TPSA) is 94.0 Å². The molecular weight excluding hydrogens is 292 g/mol. The fraction of sp³-hybridized carbons (Fsp3) is 0.471. The number of hydrogen-bond acceptors (Lipinski definition) is 4. The lowest BCUT2D eigenvalue weighted by Crippen LogP contribution is -2.34. The summed E-state index contributed by atoms with van der Waals surface area (Å²) < 4.78 is 5.40. The highest BCUT2D eigenvalue weighted by atomic mass is 16.5. The van der Waals surface area contributed by atoms with Crippen molar-refractivity contribution < 1.29 is 9.32 Å². The molecule has 1 saturated carbocycles. The van der Waals surface area contributed by atoms with E-state index in [1.165, 1.54) is 19.3 Å². The van der Waals surface area contributed by atoms with Gasteiger partial charge in [0.1, 0.15) is 0 Å². The van der Waals surface area contributed by atoms with E-state index in [-0.39, 0.29) is 6.04 Å². The maximum Gasteiger partial charge on any atom is 0.312 e. The molecule has 1 atom stereocenters. The fourth-order valence-electron chi connectivity index (χ4n) is 3.16. The van der Waals surface area contributed by atoms with E-state index in [2.05, 4.69) is 15.5 Å². The van der Waals surface area contributed by atoms with Crippen LogP contribution in [0.1, 0.15) is 61.3 Å². The molecule has 1 fully saturated rings. The quantitative estimate of drug-likeness (QED) is 0.886. The molecule has 1 aromatic heterocycles. The third-order valence-electron chi connectivity index (χ3n) is 4.35. The van der Waals surface area contributed by atoms with Crippen molar-refractivity contribution in [2.24, 2.45) is 5.73 Å². The van der Waals surface area contributed by atoms with Crippen LogP contribution < -0.4 is 11.1 Å². The smallest absolute Gasteiger partial charge is 0.312 e. The third kappa shape index (κ3) is 4.09. The van der Waals surface area contributed by atoms with Crippen molar-refractivity contribution in [2.45, 2.75) is 50.5 Å². The van der Waals surface area contributed by atoms with Gasteiger partial charge in [-0.25, -0.2) is 4.79 Å². The molecule has 0 aliphatic heterocycles. The first-order chi connectivity index (χ1) is 11.2. The second-order valence-corrected chi connectivity index (χ2v) is 6.06. The molecule has 122 valence electrons. The number of rotatable bonds is 5. The number of nitrogens with one attached hydrogen (secondary N) is 1. The van der Waals surface area contributed by atoms with E-state index in [0.29, 0.717) is 18.2 Å². The third-order valence-corrected chi connectivity index (χ3v) is 4.35. The minimum atomic E-state index is -0.564. The van der Waals surface area contributed by atoms with Gasteiger partial charge in [-0.1, -0.05) is 54.8 Å². The van der Waals surface area contributed by atoms with Gasteiger partial charge in [0.05, 0.1) is 12.5 Å². The van der Waals surface area contributed by atoms with Gasteiger partial charge in [0.25, 0.3) is 0 Å². The van der Waals surface area contributed by atoms with Gasteiger partial charge in [0, 0.05) is 5.92 Å². The van der Waals surface area contributed by atoms with Crippen LogP contribution in [0.5, 0.6) is 0 Å². The molecule has 0 bridgehead atoms. The lowest BCUT2D eigenvalue weighted by Gasteiger charge is -2.17. The molecule has 1 aliphatic rings. The van der Waals surface area contributed by atoms with E-state index in [4.69, 9.17) is 10.3 Å². The Labute approximate surface area is 135 Å². The molecule has 0 radical (unpaired) electrons. The molecule has 1 aromatic carbocycles. The Kier molecular flexibility index (Phi) is 4.90. The van der Waals surface area contributed by atoms with Crippen LogP contribution in [0.2, 0.25) is 0 Å². The predicted octanol–water partition coefficient (Wildman–Crippen LogP) is 3.07. The Balaban J connectivity index is 1.72. The molecule has 6 heteroatoms. The molecule has 2 amide bonds. The maximum absolute atomic E-state index is 11.3. The summed E-state index contributed by atoms with van der Waals surface area (Å²) in [6.45, 7) is 0. The standard InChI is InChI=1S/C17H22N4O2/c18-17(22)19-14(12-7-3-1-4-8-12)11-15-20-16(21-23-15)13-9-5-2-6-10-13/h1,3-4,7-8,13-14H,2,5-6,9-11H2,(H3,18,19,22)/t14-/m1/s1. The van der Waals surface area contributed by atoms with Crippen LogP contribution in [0, 0.1) is 0 Å². The van der Waals surface area contributed by atoms with Crippen LogP contribution in [0.15, 0.2) is 34.9 Å². The van der Waals surface area contributed by atoms with Crippen LogP contribution in [0.25, 0.3) is 0 Å². The van der Waals surface area contributed by atoms with E-state index in [1.54, 1.807) is 0 Å². The Hall–Kier alpha value is -2.37. The molecule has 23 heavy (non-hydrogen) atoms. The average molecular weight is 314 g/mol. The summed E-state index contributed by atoms with van der Waals surface area (Å²) in [7, 11) is 0. The normalized spacial score (nSPS) is 16.9. The van der Waals surface area contributed by atoms with Gasteiger partial charge >= 0.3 is 6.03 Å². The van der Waals surface area contributed by atoms with Crippen molar-refractivity contribution >= 4 is 6.03 Å². The molecule has 1 heterocycles. The van der Waals surface area contributed by atoms with E-state index in [1.807, 2.05) is 30.3 Å². The average Bonchev–Trinajstić information content (AvgIpc) is 3.04. The number of hydrogen-bond donors (Lipinski definition) is 2. The number of carbonyl (C=O) groups excluding carboxylic acids is 1. The lowest BCUT2D eigenvalue weighted by atomic mass is 9.89. The molecule has 0 unspecified atom stereocenters. The van der Waals surface area contributed by atoms with Gasteiger partial charge in [0.15, 0.2) is 5.82 Å². The van der Waals surface area contributed by atoms with Crippen molar-refractivity contribution in [1.82, 2.24) is 15.5 Å². The minimum absolute atomic E-state index is 0.270. The monoisotopic (exact) mass is 314 g/mol. The Bertz CT molecular complexity index is 635. The van der Waals surface area contributed by atoms with Crippen molar-refractivity contribution in [2.75, 3.05) is 0 Å². The second kappa shape index (κ2) is 7.26. The number of nitrogens with zero attached hydrogens (tertiary/aromatic N) is 2. The van der Waals surface area contributed by atoms with E-state index < -0.39 is 6.03 Å². The SMILES string of the molecule is NC(=O)N[C@H](Cc1nc(C2CCCCC2)no1)c1ccccc1. The lowest BCUT2D eigenvalue weighted by molar-refractivity contribution is 0.244. The zero-order chi connectivity index (χ0) is 16.1. The zero-order valence-electron chi connectivity index (χ0n) is 13.1. The molecular formula is C17H22N4O2. The van der Waals surface area contributed by atoms with Gasteiger partial charge in [0.2, 0.25) is 5.89 Å². The fourth-order valence-corrected chi connectivity index (χ4v) is 3.16. The summed E-state index contributed by atoms with van der Waals surface area (Å²) in [5, 5.41) is 6.88. The number of primary amides is 1. The first-order valence-electron chi connectivity index (χ1n) is 8.16. The number of benzene rings is 1. The first kappa shape index (κ1) is 15.5. The van der Waals surface area contributed by atoms with Crippen molar-refractivity contribution in [3.8, 4) is 0 Å². The predicted molar refractivity (Wildman–Crippen MR) is 85.7 cm³/mol. The Morgan fingerprint density at radius 2 is 2.00 bits per heavy atom. The van der Waals surface area contributed by atoms with Gasteiger partial charge in [-0.3, -0.25) is 0 Å². The van der Waals surface area contributed by atoms with Gasteiger partial charge in [-0.15, -0.1) is 0 Å². The van der Waals surface area contributed by atoms with Crippen LogP contribution in [0.4, 0.5) is 4.79 Å². The summed E-state index contributed by atoms with van der Waals surface area (Å²) in [4.78, 5) is 15.8. The summed E-state index contributed by atoms with van der Waals surface area (Å²) in [6.07, 6.45) is 6.43. The number of nitrogens with two attached hydrogens (primary N) is 1. The molecule has 0 spiro atoms. The van der Waals surface area contributed by atoms with Crippen molar-refractivity contribution in [3.05, 3.63) is 47.6 Å².